The van der Waals surface area contributed by atoms with Crippen LogP contribution in [-0.4, -0.2) is 36.7 Å². The molecule has 0 atom stereocenters. The Bertz CT molecular complexity index is 1050. The fourth-order valence-corrected chi connectivity index (χ4v) is 3.19. The second-order valence-corrected chi connectivity index (χ2v) is 6.51. The highest BCUT2D eigenvalue weighted by molar-refractivity contribution is 6.23. The molecule has 2 aromatic rings. The van der Waals surface area contributed by atoms with Crippen molar-refractivity contribution in [3.8, 4) is 5.75 Å². The number of benzene rings is 2. The minimum absolute atomic E-state index is 0.0955. The quantitative estimate of drug-likeness (QED) is 0.603. The molecule has 0 aliphatic carbocycles. The van der Waals surface area contributed by atoms with Gasteiger partial charge in [0.25, 0.3) is 5.91 Å². The van der Waals surface area contributed by atoms with Crippen LogP contribution in [-0.2, 0) is 19.1 Å². The van der Waals surface area contributed by atoms with Gasteiger partial charge in [-0.15, -0.1) is 0 Å². The molecule has 1 heterocycles. The van der Waals surface area contributed by atoms with Crippen LogP contribution in [0.25, 0.3) is 6.08 Å². The van der Waals surface area contributed by atoms with Crippen LogP contribution >= 0.6 is 0 Å². The monoisotopic (exact) mass is 407 g/mol. The summed E-state index contributed by atoms with van der Waals surface area (Å²) in [5.41, 5.74) is 2.26. The summed E-state index contributed by atoms with van der Waals surface area (Å²) in [4.78, 5) is 38.9. The van der Waals surface area contributed by atoms with Crippen molar-refractivity contribution in [2.24, 2.45) is 0 Å². The summed E-state index contributed by atoms with van der Waals surface area (Å²) in [5.74, 6) is -1.38. The van der Waals surface area contributed by atoms with Crippen molar-refractivity contribution in [3.63, 3.8) is 0 Å². The van der Waals surface area contributed by atoms with Gasteiger partial charge in [0, 0.05) is 11.4 Å². The van der Waals surface area contributed by atoms with E-state index in [9.17, 15) is 19.5 Å². The van der Waals surface area contributed by atoms with Gasteiger partial charge in [0.05, 0.1) is 30.4 Å². The Morgan fingerprint density at radius 2 is 1.67 bits per heavy atom. The van der Waals surface area contributed by atoms with E-state index in [0.29, 0.717) is 22.5 Å². The number of carbonyl (C=O) groups excluding carboxylic acids is 3. The van der Waals surface area contributed by atoms with Gasteiger partial charge in [-0.3, -0.25) is 9.69 Å². The molecule has 1 amide bonds. The summed E-state index contributed by atoms with van der Waals surface area (Å²) in [6, 6.07) is 12.6. The van der Waals surface area contributed by atoms with Gasteiger partial charge in [-0.05, 0) is 61.9 Å². The molecule has 1 aliphatic heterocycles. The number of hydrogen-bond donors (Lipinski definition) is 1. The first-order chi connectivity index (χ1) is 14.4. The summed E-state index contributed by atoms with van der Waals surface area (Å²) < 4.78 is 9.86. The molecule has 0 bridgehead atoms. The zero-order valence-electron chi connectivity index (χ0n) is 16.8. The van der Waals surface area contributed by atoms with Crippen molar-refractivity contribution in [2.45, 2.75) is 13.8 Å². The number of methoxy groups -OCH3 is 1. The van der Waals surface area contributed by atoms with Crippen molar-refractivity contribution in [1.82, 2.24) is 0 Å². The molecule has 0 spiro atoms. The van der Waals surface area contributed by atoms with Crippen molar-refractivity contribution in [2.75, 3.05) is 18.6 Å². The van der Waals surface area contributed by atoms with Crippen LogP contribution in [0.3, 0.4) is 0 Å². The molecule has 3 rings (SSSR count). The average molecular weight is 407 g/mol. The van der Waals surface area contributed by atoms with Gasteiger partial charge in [-0.2, -0.15) is 0 Å². The van der Waals surface area contributed by atoms with Crippen LogP contribution in [0.1, 0.15) is 29.8 Å². The van der Waals surface area contributed by atoms with E-state index in [1.54, 1.807) is 56.3 Å². The lowest BCUT2D eigenvalue weighted by Gasteiger charge is -2.18. The molecule has 30 heavy (non-hydrogen) atoms. The fraction of sp³-hybridized carbons (Fsp3) is 0.174. The molecule has 0 fully saturated rings. The van der Waals surface area contributed by atoms with Crippen LogP contribution in [0.2, 0.25) is 0 Å². The molecule has 2 aromatic carbocycles. The van der Waals surface area contributed by atoms with Gasteiger partial charge in [-0.25, -0.2) is 9.59 Å². The number of phenolic OH excluding ortho intramolecular Hbond substituents is 1. The normalized spacial score (nSPS) is 15.0. The summed E-state index contributed by atoms with van der Waals surface area (Å²) in [7, 11) is 1.25. The van der Waals surface area contributed by atoms with E-state index < -0.39 is 17.8 Å². The number of rotatable bonds is 5. The largest absolute Gasteiger partial charge is 0.508 e. The van der Waals surface area contributed by atoms with Crippen molar-refractivity contribution in [1.29, 1.82) is 0 Å². The number of allylic oxidation sites excluding steroid dienone is 1. The summed E-state index contributed by atoms with van der Waals surface area (Å²) in [5, 5.41) is 9.46. The molecule has 7 heteroatoms. The molecule has 154 valence electrons. The molecule has 0 saturated carbocycles. The number of amides is 1. The Kier molecular flexibility index (Phi) is 6.01. The Hall–Kier alpha value is -3.87. The summed E-state index contributed by atoms with van der Waals surface area (Å²) in [6.07, 6.45) is 1.57. The Morgan fingerprint density at radius 3 is 2.23 bits per heavy atom. The second kappa shape index (κ2) is 8.65. The maximum Gasteiger partial charge on any atom is 0.340 e. The van der Waals surface area contributed by atoms with Crippen LogP contribution in [0, 0.1) is 0 Å². The van der Waals surface area contributed by atoms with Gasteiger partial charge in [0.15, 0.2) is 0 Å². The Balaban J connectivity index is 2.03. The van der Waals surface area contributed by atoms with Gasteiger partial charge < -0.3 is 14.6 Å². The van der Waals surface area contributed by atoms with E-state index in [-0.39, 0.29) is 23.5 Å². The summed E-state index contributed by atoms with van der Waals surface area (Å²) >= 11 is 0. The number of esters is 2. The highest BCUT2D eigenvalue weighted by Crippen LogP contribution is 2.35. The standard InChI is InChI=1S/C23H21NO6/c1-4-30-22(27)16-7-9-17(10-8-16)24-14(2)20(23(28)29-3)19(21(24)26)13-15-5-11-18(25)12-6-15/h5-13,25H,4H2,1-3H3. The second-order valence-electron chi connectivity index (χ2n) is 6.51. The molecular weight excluding hydrogens is 386 g/mol. The molecule has 1 aliphatic rings. The highest BCUT2D eigenvalue weighted by Gasteiger charge is 2.37. The zero-order chi connectivity index (χ0) is 21.8. The molecule has 0 unspecified atom stereocenters. The minimum Gasteiger partial charge on any atom is -0.508 e. The number of anilines is 1. The third-order valence-corrected chi connectivity index (χ3v) is 4.63. The molecule has 0 saturated heterocycles. The van der Waals surface area contributed by atoms with E-state index in [4.69, 9.17) is 9.47 Å². The summed E-state index contributed by atoms with van der Waals surface area (Å²) in [6.45, 7) is 3.64. The maximum atomic E-state index is 13.2. The third kappa shape index (κ3) is 3.96. The molecule has 0 radical (unpaired) electrons. The van der Waals surface area contributed by atoms with E-state index in [0.717, 1.165) is 0 Å². The lowest BCUT2D eigenvalue weighted by Crippen LogP contribution is -2.24. The number of hydrogen-bond acceptors (Lipinski definition) is 6. The smallest absolute Gasteiger partial charge is 0.340 e. The highest BCUT2D eigenvalue weighted by atomic mass is 16.5. The number of nitrogens with zero attached hydrogens (tertiary/aromatic N) is 1. The first kappa shape index (κ1) is 20.9. The van der Waals surface area contributed by atoms with Crippen LogP contribution < -0.4 is 4.90 Å². The van der Waals surface area contributed by atoms with Crippen molar-refractivity contribution >= 4 is 29.6 Å². The SMILES string of the molecule is CCOC(=O)c1ccc(N2C(=O)C(=Cc3ccc(O)cc3)C(C(=O)OC)=C2C)cc1. The van der Waals surface area contributed by atoms with E-state index in [1.807, 2.05) is 0 Å². The predicted octanol–water partition coefficient (Wildman–Crippen LogP) is 3.45. The maximum absolute atomic E-state index is 13.2. The van der Waals surface area contributed by atoms with E-state index in [1.165, 1.54) is 24.1 Å². The number of phenols is 1. The zero-order valence-corrected chi connectivity index (χ0v) is 16.8. The third-order valence-electron chi connectivity index (χ3n) is 4.63. The first-order valence-corrected chi connectivity index (χ1v) is 9.29. The van der Waals surface area contributed by atoms with Crippen molar-refractivity contribution in [3.05, 3.63) is 76.5 Å². The predicted molar refractivity (Wildman–Crippen MR) is 111 cm³/mol. The number of ether oxygens (including phenoxy) is 2. The first-order valence-electron chi connectivity index (χ1n) is 9.29. The number of aromatic hydroxyl groups is 1. The van der Waals surface area contributed by atoms with Gasteiger partial charge in [0.1, 0.15) is 5.75 Å². The number of carbonyl (C=O) groups is 3. The van der Waals surface area contributed by atoms with Crippen molar-refractivity contribution < 1.29 is 29.0 Å². The lowest BCUT2D eigenvalue weighted by atomic mass is 10.0. The van der Waals surface area contributed by atoms with Gasteiger partial charge in [-0.1, -0.05) is 12.1 Å². The van der Waals surface area contributed by atoms with Crippen LogP contribution in [0.15, 0.2) is 65.4 Å². The fourth-order valence-electron chi connectivity index (χ4n) is 3.19. The lowest BCUT2D eigenvalue weighted by molar-refractivity contribution is -0.136. The van der Waals surface area contributed by atoms with Crippen LogP contribution in [0.4, 0.5) is 5.69 Å². The van der Waals surface area contributed by atoms with Gasteiger partial charge in [0.2, 0.25) is 0 Å². The molecule has 0 aromatic heterocycles. The van der Waals surface area contributed by atoms with Gasteiger partial charge >= 0.3 is 11.9 Å². The minimum atomic E-state index is -0.628. The molecular formula is C23H21NO6. The molecule has 1 N–H and O–H groups in total. The van der Waals surface area contributed by atoms with E-state index >= 15 is 0 Å². The van der Waals surface area contributed by atoms with Crippen LogP contribution in [0.5, 0.6) is 5.75 Å². The average Bonchev–Trinajstić information content (AvgIpc) is 2.99. The van der Waals surface area contributed by atoms with E-state index in [2.05, 4.69) is 0 Å². The topological polar surface area (TPSA) is 93.1 Å². The Morgan fingerprint density at radius 1 is 1.03 bits per heavy atom. The Labute approximate surface area is 173 Å². The molecule has 7 nitrogen and oxygen atoms in total.